The number of hydrogen-bond acceptors (Lipinski definition) is 7. The summed E-state index contributed by atoms with van der Waals surface area (Å²) in [6.07, 6.45) is 1.78. The predicted molar refractivity (Wildman–Crippen MR) is 119 cm³/mol. The van der Waals surface area contributed by atoms with Crippen LogP contribution in [-0.4, -0.2) is 65.8 Å². The molecule has 0 aromatic heterocycles. The van der Waals surface area contributed by atoms with Crippen molar-refractivity contribution in [3.8, 4) is 11.5 Å². The van der Waals surface area contributed by atoms with Gasteiger partial charge in [-0.1, -0.05) is 0 Å². The number of hydrogen-bond donors (Lipinski definition) is 2. The molecular weight excluding hydrogens is 406 g/mol. The van der Waals surface area contributed by atoms with E-state index in [9.17, 15) is 10.2 Å². The lowest BCUT2D eigenvalue weighted by molar-refractivity contribution is -0.182. The molecule has 2 aromatic carbocycles. The summed E-state index contributed by atoms with van der Waals surface area (Å²) in [5, 5.41) is 18.8. The molecule has 29 heavy (non-hydrogen) atoms. The highest BCUT2D eigenvalue weighted by molar-refractivity contribution is 7.99. The van der Waals surface area contributed by atoms with Crippen LogP contribution in [0.1, 0.15) is 12.8 Å². The van der Waals surface area contributed by atoms with Gasteiger partial charge < -0.3 is 24.6 Å². The lowest BCUT2D eigenvalue weighted by Crippen LogP contribution is -2.34. The Morgan fingerprint density at radius 3 is 1.72 bits per heavy atom. The second-order valence-electron chi connectivity index (χ2n) is 6.84. The zero-order valence-corrected chi connectivity index (χ0v) is 18.2. The van der Waals surface area contributed by atoms with Crippen LogP contribution in [0.4, 0.5) is 0 Å². The van der Waals surface area contributed by atoms with E-state index in [1.807, 2.05) is 24.3 Å². The van der Waals surface area contributed by atoms with Gasteiger partial charge in [-0.15, -0.1) is 23.5 Å². The Labute approximate surface area is 181 Å². The van der Waals surface area contributed by atoms with Crippen molar-refractivity contribution in [2.24, 2.45) is 0 Å². The lowest BCUT2D eigenvalue weighted by Gasteiger charge is -2.27. The highest BCUT2D eigenvalue weighted by Gasteiger charge is 2.16. The molecule has 5 nitrogen and oxygen atoms in total. The molecule has 0 saturated carbocycles. The summed E-state index contributed by atoms with van der Waals surface area (Å²) < 4.78 is 11.4. The molecule has 158 valence electrons. The minimum absolute atomic E-state index is 0.0826. The summed E-state index contributed by atoms with van der Waals surface area (Å²) in [5.41, 5.74) is 0. The fourth-order valence-electron chi connectivity index (χ4n) is 3.00. The third-order valence-electron chi connectivity index (χ3n) is 4.60. The molecule has 3 rings (SSSR count). The van der Waals surface area contributed by atoms with Crippen molar-refractivity contribution in [1.82, 2.24) is 4.90 Å². The van der Waals surface area contributed by atoms with Gasteiger partial charge in [0, 0.05) is 47.4 Å². The normalized spacial score (nSPS) is 15.1. The van der Waals surface area contributed by atoms with Crippen molar-refractivity contribution in [2.75, 3.05) is 44.4 Å². The first-order valence-electron chi connectivity index (χ1n) is 9.98. The number of ether oxygens (including phenoxy) is 2. The van der Waals surface area contributed by atoms with Crippen molar-refractivity contribution in [2.45, 2.75) is 28.9 Å². The SMILES string of the molecule is Oc1ccc(SCCN(CCSc2ccc(O)cc2)CCC2OCCCO2)cc1. The monoisotopic (exact) mass is 435 g/mol. The zero-order valence-electron chi connectivity index (χ0n) is 16.5. The van der Waals surface area contributed by atoms with E-state index in [1.165, 1.54) is 9.79 Å². The topological polar surface area (TPSA) is 62.2 Å². The first-order chi connectivity index (χ1) is 14.2. The molecule has 0 atom stereocenters. The third kappa shape index (κ3) is 8.48. The summed E-state index contributed by atoms with van der Waals surface area (Å²) in [6, 6.07) is 14.7. The Bertz CT molecular complexity index is 654. The Morgan fingerprint density at radius 2 is 1.24 bits per heavy atom. The molecular formula is C22H29NO4S2. The maximum Gasteiger partial charge on any atom is 0.158 e. The van der Waals surface area contributed by atoms with Crippen molar-refractivity contribution in [3.63, 3.8) is 0 Å². The van der Waals surface area contributed by atoms with Gasteiger partial charge >= 0.3 is 0 Å². The van der Waals surface area contributed by atoms with Gasteiger partial charge in [0.15, 0.2) is 6.29 Å². The van der Waals surface area contributed by atoms with Crippen LogP contribution < -0.4 is 0 Å². The Kier molecular flexibility index (Phi) is 9.50. The molecule has 2 aromatic rings. The Hall–Kier alpha value is -1.38. The quantitative estimate of drug-likeness (QED) is 0.506. The van der Waals surface area contributed by atoms with Crippen molar-refractivity contribution in [3.05, 3.63) is 48.5 Å². The van der Waals surface area contributed by atoms with Gasteiger partial charge in [-0.2, -0.15) is 0 Å². The average molecular weight is 436 g/mol. The van der Waals surface area contributed by atoms with E-state index in [0.29, 0.717) is 11.5 Å². The molecule has 1 aliphatic heterocycles. The number of phenols is 2. The Balaban J connectivity index is 1.44. The van der Waals surface area contributed by atoms with E-state index < -0.39 is 0 Å². The van der Waals surface area contributed by atoms with E-state index in [2.05, 4.69) is 4.90 Å². The Morgan fingerprint density at radius 1 is 0.759 bits per heavy atom. The number of benzene rings is 2. The van der Waals surface area contributed by atoms with Gasteiger partial charge in [-0.3, -0.25) is 0 Å². The molecule has 1 saturated heterocycles. The lowest BCUT2D eigenvalue weighted by atomic mass is 10.3. The minimum atomic E-state index is -0.0826. The van der Waals surface area contributed by atoms with Gasteiger partial charge in [0.25, 0.3) is 0 Å². The molecule has 1 fully saturated rings. The standard InChI is InChI=1S/C22H29NO4S2/c24-18-2-6-20(7-3-18)28-16-12-23(11-10-22-26-14-1-15-27-22)13-17-29-21-8-4-19(25)5-9-21/h2-9,22,24-25H,1,10-17H2. The maximum atomic E-state index is 9.41. The molecule has 0 unspecified atom stereocenters. The molecule has 0 bridgehead atoms. The van der Waals surface area contributed by atoms with Crippen molar-refractivity contribution in [1.29, 1.82) is 0 Å². The van der Waals surface area contributed by atoms with Gasteiger partial charge in [-0.05, 0) is 55.0 Å². The van der Waals surface area contributed by atoms with Crippen LogP contribution in [0.25, 0.3) is 0 Å². The van der Waals surface area contributed by atoms with Gasteiger partial charge in [0.1, 0.15) is 11.5 Å². The molecule has 0 aliphatic carbocycles. The minimum Gasteiger partial charge on any atom is -0.508 e. The first kappa shape index (κ1) is 22.3. The van der Waals surface area contributed by atoms with Crippen molar-refractivity contribution >= 4 is 23.5 Å². The van der Waals surface area contributed by atoms with E-state index >= 15 is 0 Å². The van der Waals surface area contributed by atoms with Crippen LogP contribution in [-0.2, 0) is 9.47 Å². The third-order valence-corrected chi connectivity index (χ3v) is 6.59. The molecule has 1 aliphatic rings. The fourth-order valence-corrected chi connectivity index (χ4v) is 4.82. The van der Waals surface area contributed by atoms with Crippen LogP contribution in [0.5, 0.6) is 11.5 Å². The zero-order chi connectivity index (χ0) is 20.3. The maximum absolute atomic E-state index is 9.41. The molecule has 0 amide bonds. The summed E-state index contributed by atoms with van der Waals surface area (Å²) in [7, 11) is 0. The van der Waals surface area contributed by atoms with Gasteiger partial charge in [0.2, 0.25) is 0 Å². The smallest absolute Gasteiger partial charge is 0.158 e. The number of rotatable bonds is 11. The molecule has 0 radical (unpaired) electrons. The largest absolute Gasteiger partial charge is 0.508 e. The van der Waals surface area contributed by atoms with Gasteiger partial charge in [-0.25, -0.2) is 0 Å². The number of nitrogens with zero attached hydrogens (tertiary/aromatic N) is 1. The second kappa shape index (κ2) is 12.3. The predicted octanol–water partition coefficient (Wildman–Crippen LogP) is 4.44. The number of aromatic hydroxyl groups is 2. The highest BCUT2D eigenvalue weighted by atomic mass is 32.2. The summed E-state index contributed by atoms with van der Waals surface area (Å²) in [6.45, 7) is 4.48. The van der Waals surface area contributed by atoms with Crippen LogP contribution in [0.15, 0.2) is 58.3 Å². The van der Waals surface area contributed by atoms with Crippen LogP contribution >= 0.6 is 23.5 Å². The molecule has 7 heteroatoms. The molecule has 2 N–H and O–H groups in total. The second-order valence-corrected chi connectivity index (χ2v) is 9.18. The van der Waals surface area contributed by atoms with E-state index in [4.69, 9.17) is 9.47 Å². The first-order valence-corrected chi connectivity index (χ1v) is 12.0. The average Bonchev–Trinajstić information content (AvgIpc) is 2.75. The summed E-state index contributed by atoms with van der Waals surface area (Å²) in [4.78, 5) is 4.79. The van der Waals surface area contributed by atoms with Gasteiger partial charge in [0.05, 0.1) is 13.2 Å². The summed E-state index contributed by atoms with van der Waals surface area (Å²) >= 11 is 3.60. The summed E-state index contributed by atoms with van der Waals surface area (Å²) in [5.74, 6) is 2.58. The van der Waals surface area contributed by atoms with Crippen LogP contribution in [0.2, 0.25) is 0 Å². The van der Waals surface area contributed by atoms with E-state index in [0.717, 1.165) is 57.2 Å². The fraction of sp³-hybridized carbons (Fsp3) is 0.455. The number of phenolic OH excluding ortho intramolecular Hbond substituents is 2. The van der Waals surface area contributed by atoms with E-state index in [-0.39, 0.29) is 6.29 Å². The molecule has 0 spiro atoms. The van der Waals surface area contributed by atoms with E-state index in [1.54, 1.807) is 47.8 Å². The van der Waals surface area contributed by atoms with Crippen molar-refractivity contribution < 1.29 is 19.7 Å². The molecule has 1 heterocycles. The highest BCUT2D eigenvalue weighted by Crippen LogP contribution is 2.22. The van der Waals surface area contributed by atoms with Crippen LogP contribution in [0.3, 0.4) is 0 Å². The number of thioether (sulfide) groups is 2. The van der Waals surface area contributed by atoms with Crippen LogP contribution in [0, 0.1) is 0 Å².